The van der Waals surface area contributed by atoms with Crippen LogP contribution >= 0.6 is 0 Å². The maximum absolute atomic E-state index is 13.5. The zero-order chi connectivity index (χ0) is 20.7. The Morgan fingerprint density at radius 1 is 0.967 bits per heavy atom. The highest BCUT2D eigenvalue weighted by atomic mass is 16.7. The van der Waals surface area contributed by atoms with E-state index in [0.717, 1.165) is 11.1 Å². The summed E-state index contributed by atoms with van der Waals surface area (Å²) in [7, 11) is 0. The second-order valence-corrected chi connectivity index (χ2v) is 8.08. The number of anilines is 1. The molecule has 2 aromatic carbocycles. The molecule has 3 aliphatic rings. The quantitative estimate of drug-likeness (QED) is 0.565. The fraction of sp³-hybridized carbons (Fsp3) is 0.360. The molecule has 2 fully saturated rings. The highest BCUT2D eigenvalue weighted by Gasteiger charge is 2.56. The average Bonchev–Trinajstić information content (AvgIpc) is 3.05. The smallest absolute Gasteiger partial charge is 0.238 e. The second-order valence-electron chi connectivity index (χ2n) is 8.08. The van der Waals surface area contributed by atoms with Gasteiger partial charge in [0.25, 0.3) is 0 Å². The molecule has 0 spiro atoms. The van der Waals surface area contributed by atoms with Crippen LogP contribution in [0.5, 0.6) is 0 Å². The molecule has 2 aromatic rings. The summed E-state index contributed by atoms with van der Waals surface area (Å²) < 4.78 is 12.2. The molecule has 5 rings (SSSR count). The molecular weight excluding hydrogens is 378 g/mol. The van der Waals surface area contributed by atoms with E-state index in [1.165, 1.54) is 4.90 Å². The van der Waals surface area contributed by atoms with Gasteiger partial charge in [0.1, 0.15) is 0 Å². The van der Waals surface area contributed by atoms with Crippen molar-refractivity contribution in [3.05, 3.63) is 77.9 Å². The Hall–Kier alpha value is -2.76. The molecule has 2 heterocycles. The summed E-state index contributed by atoms with van der Waals surface area (Å²) in [6, 6.07) is 19.3. The topological polar surface area (TPSA) is 55.8 Å². The van der Waals surface area contributed by atoms with Crippen LogP contribution in [0.25, 0.3) is 0 Å². The molecule has 0 radical (unpaired) electrons. The maximum atomic E-state index is 13.5. The number of ether oxygens (including phenoxy) is 2. The minimum Gasteiger partial charge on any atom is -0.349 e. The van der Waals surface area contributed by atoms with Gasteiger partial charge in [0.15, 0.2) is 6.29 Å². The Labute approximate surface area is 176 Å². The molecule has 0 N–H and O–H groups in total. The number of nitrogens with zero attached hydrogens (tertiary/aromatic N) is 1. The third kappa shape index (κ3) is 3.09. The highest BCUT2D eigenvalue weighted by molar-refractivity contribution is 6.22. The lowest BCUT2D eigenvalue weighted by Gasteiger charge is -2.42. The van der Waals surface area contributed by atoms with Gasteiger partial charge in [-0.3, -0.25) is 14.5 Å². The molecule has 2 amide bonds. The first-order valence-corrected chi connectivity index (χ1v) is 10.6. The molecule has 154 valence electrons. The molecule has 5 nitrogen and oxygen atoms in total. The Morgan fingerprint density at radius 3 is 2.37 bits per heavy atom. The van der Waals surface area contributed by atoms with E-state index in [-0.39, 0.29) is 35.7 Å². The van der Waals surface area contributed by atoms with E-state index >= 15 is 0 Å². The second kappa shape index (κ2) is 7.82. The molecule has 5 atom stereocenters. The van der Waals surface area contributed by atoms with Gasteiger partial charge in [-0.2, -0.15) is 0 Å². The van der Waals surface area contributed by atoms with Gasteiger partial charge in [-0.1, -0.05) is 54.6 Å². The number of benzene rings is 2. The van der Waals surface area contributed by atoms with Gasteiger partial charge in [0, 0.05) is 6.61 Å². The lowest BCUT2D eigenvalue weighted by Crippen LogP contribution is -2.42. The van der Waals surface area contributed by atoms with E-state index in [9.17, 15) is 9.59 Å². The van der Waals surface area contributed by atoms with Crippen LogP contribution in [-0.4, -0.2) is 24.7 Å². The fourth-order valence-electron chi connectivity index (χ4n) is 5.14. The van der Waals surface area contributed by atoms with Crippen LogP contribution in [-0.2, 0) is 19.1 Å². The zero-order valence-corrected chi connectivity index (χ0v) is 16.9. The van der Waals surface area contributed by atoms with Gasteiger partial charge >= 0.3 is 0 Å². The van der Waals surface area contributed by atoms with Crippen molar-refractivity contribution in [1.29, 1.82) is 0 Å². The van der Waals surface area contributed by atoms with Crippen LogP contribution in [0.2, 0.25) is 0 Å². The van der Waals surface area contributed by atoms with E-state index in [1.54, 1.807) is 0 Å². The van der Waals surface area contributed by atoms with Crippen LogP contribution in [0.3, 0.4) is 0 Å². The number of carbonyl (C=O) groups is 2. The number of hydrogen-bond donors (Lipinski definition) is 0. The lowest BCUT2D eigenvalue weighted by molar-refractivity contribution is -0.180. The molecule has 1 aliphatic carbocycles. The first-order valence-electron chi connectivity index (χ1n) is 10.6. The standard InChI is InChI=1S/C25H25NO4/c1-2-29-25-18-13-14-19-22(20(18)15-21(30-25)16-9-5-3-6-10-16)24(28)26(23(19)27)17-11-7-4-8-12-17/h3-13,19-22,25H,2,14-15H2,1H3/t19-,20-,21+,22-,25+/m1/s1. The first kappa shape index (κ1) is 19.2. The van der Waals surface area contributed by atoms with E-state index in [0.29, 0.717) is 25.1 Å². The number of rotatable bonds is 4. The van der Waals surface area contributed by atoms with E-state index < -0.39 is 6.29 Å². The van der Waals surface area contributed by atoms with Gasteiger partial charge in [0.2, 0.25) is 11.8 Å². The van der Waals surface area contributed by atoms with Crippen molar-refractivity contribution < 1.29 is 19.1 Å². The molecule has 5 heteroatoms. The van der Waals surface area contributed by atoms with Crippen LogP contribution in [0, 0.1) is 17.8 Å². The number of para-hydroxylation sites is 1. The van der Waals surface area contributed by atoms with Gasteiger partial charge in [0.05, 0.1) is 23.6 Å². The van der Waals surface area contributed by atoms with Crippen LogP contribution in [0.4, 0.5) is 5.69 Å². The summed E-state index contributed by atoms with van der Waals surface area (Å²) in [5.74, 6) is -0.943. The predicted molar refractivity (Wildman–Crippen MR) is 112 cm³/mol. The fourth-order valence-corrected chi connectivity index (χ4v) is 5.14. The molecule has 2 saturated heterocycles. The number of imide groups is 1. The Bertz CT molecular complexity index is 971. The number of hydrogen-bond acceptors (Lipinski definition) is 4. The molecule has 0 bridgehead atoms. The molecule has 0 aromatic heterocycles. The van der Waals surface area contributed by atoms with Crippen molar-refractivity contribution in [3.63, 3.8) is 0 Å². The first-order chi connectivity index (χ1) is 14.7. The van der Waals surface area contributed by atoms with E-state index in [4.69, 9.17) is 9.47 Å². The lowest BCUT2D eigenvalue weighted by atomic mass is 9.69. The van der Waals surface area contributed by atoms with Crippen molar-refractivity contribution in [2.75, 3.05) is 11.5 Å². The van der Waals surface area contributed by atoms with Gasteiger partial charge < -0.3 is 9.47 Å². The zero-order valence-electron chi connectivity index (χ0n) is 16.9. The summed E-state index contributed by atoms with van der Waals surface area (Å²) in [5, 5.41) is 0. The minimum absolute atomic E-state index is 0.0654. The maximum Gasteiger partial charge on any atom is 0.238 e. The van der Waals surface area contributed by atoms with Crippen LogP contribution in [0.15, 0.2) is 72.3 Å². The highest BCUT2D eigenvalue weighted by Crippen LogP contribution is 2.51. The summed E-state index contributed by atoms with van der Waals surface area (Å²) >= 11 is 0. The van der Waals surface area contributed by atoms with Crippen molar-refractivity contribution in [2.45, 2.75) is 32.2 Å². The van der Waals surface area contributed by atoms with Crippen molar-refractivity contribution in [2.24, 2.45) is 17.8 Å². The third-order valence-corrected chi connectivity index (χ3v) is 6.48. The van der Waals surface area contributed by atoms with E-state index in [2.05, 4.69) is 6.08 Å². The predicted octanol–water partition coefficient (Wildman–Crippen LogP) is 4.26. The Kier molecular flexibility index (Phi) is 5.01. The largest absolute Gasteiger partial charge is 0.349 e. The number of fused-ring (bicyclic) bond motifs is 3. The summed E-state index contributed by atoms with van der Waals surface area (Å²) in [6.07, 6.45) is 2.65. The molecular formula is C25H25NO4. The van der Waals surface area contributed by atoms with Crippen molar-refractivity contribution >= 4 is 17.5 Å². The number of carbonyl (C=O) groups excluding carboxylic acids is 2. The van der Waals surface area contributed by atoms with Gasteiger partial charge in [-0.15, -0.1) is 0 Å². The number of amides is 2. The normalized spacial score (nSPS) is 30.6. The number of allylic oxidation sites excluding steroid dienone is 1. The minimum atomic E-state index is -0.478. The summed E-state index contributed by atoms with van der Waals surface area (Å²) in [5.41, 5.74) is 2.73. The Balaban J connectivity index is 1.51. The summed E-state index contributed by atoms with van der Waals surface area (Å²) in [6.45, 7) is 2.46. The molecule has 0 saturated carbocycles. The molecule has 0 unspecified atom stereocenters. The SMILES string of the molecule is CCO[C@H]1O[C@H](c2ccccc2)C[C@@H]2C1=CC[C@H]1C(=O)N(c3ccccc3)C(=O)[C@@H]21. The Morgan fingerprint density at radius 2 is 1.67 bits per heavy atom. The summed E-state index contributed by atoms with van der Waals surface area (Å²) in [4.78, 5) is 28.1. The van der Waals surface area contributed by atoms with Crippen LogP contribution < -0.4 is 4.90 Å². The van der Waals surface area contributed by atoms with Crippen molar-refractivity contribution in [1.82, 2.24) is 0 Å². The third-order valence-electron chi connectivity index (χ3n) is 6.48. The molecule has 30 heavy (non-hydrogen) atoms. The van der Waals surface area contributed by atoms with Crippen molar-refractivity contribution in [3.8, 4) is 0 Å². The van der Waals surface area contributed by atoms with Gasteiger partial charge in [-0.05, 0) is 49.0 Å². The average molecular weight is 403 g/mol. The molecule has 2 aliphatic heterocycles. The van der Waals surface area contributed by atoms with Gasteiger partial charge in [-0.25, -0.2) is 0 Å². The monoisotopic (exact) mass is 403 g/mol. The van der Waals surface area contributed by atoms with E-state index in [1.807, 2.05) is 67.6 Å². The van der Waals surface area contributed by atoms with Crippen LogP contribution in [0.1, 0.15) is 31.4 Å².